The van der Waals surface area contributed by atoms with Crippen LogP contribution >= 0.6 is 0 Å². The average Bonchev–Trinajstić information content (AvgIpc) is 2.58. The van der Waals surface area contributed by atoms with Crippen LogP contribution < -0.4 is 9.18 Å². The molecule has 0 saturated carbocycles. The first-order valence-corrected chi connectivity index (χ1v) is 11.8. The molecular weight excluding hydrogens is 385 g/mol. The Hall–Kier alpha value is -1.13. The fourth-order valence-electron chi connectivity index (χ4n) is 2.35. The van der Waals surface area contributed by atoms with Crippen molar-refractivity contribution >= 4 is 29.4 Å². The van der Waals surface area contributed by atoms with E-state index in [1.54, 1.807) is 12.1 Å². The van der Waals surface area contributed by atoms with E-state index in [-0.39, 0.29) is 21.0 Å². The van der Waals surface area contributed by atoms with Gasteiger partial charge in [-0.15, -0.1) is 0 Å². The van der Waals surface area contributed by atoms with Gasteiger partial charge in [0.15, 0.2) is 0 Å². The van der Waals surface area contributed by atoms with Crippen LogP contribution in [0.3, 0.4) is 0 Å². The van der Waals surface area contributed by atoms with Gasteiger partial charge in [-0.1, -0.05) is 0 Å². The van der Waals surface area contributed by atoms with Crippen molar-refractivity contribution in [1.82, 2.24) is 4.72 Å². The summed E-state index contributed by atoms with van der Waals surface area (Å²) < 4.78 is 29.5. The summed E-state index contributed by atoms with van der Waals surface area (Å²) in [6, 6.07) is 17.3. The van der Waals surface area contributed by atoms with Gasteiger partial charge in [-0.3, -0.25) is 0 Å². The zero-order chi connectivity index (χ0) is 17.4. The number of unbranched alkanes of at least 4 members (excludes halogenated alkanes) is 1. The standard InChI is InChI=1S/C19H25NO2SSe/c1-3-4-8-17(15-24-19-9-6-5-7-10-19)20-23(21,22)18-13-11-16(2)12-14-18/h5-7,9-14,17,20H,3-4,8,15H2,1-2H3. The van der Waals surface area contributed by atoms with Crippen molar-refractivity contribution < 1.29 is 8.42 Å². The summed E-state index contributed by atoms with van der Waals surface area (Å²) in [5.41, 5.74) is 1.06. The van der Waals surface area contributed by atoms with Crippen LogP contribution in [0.4, 0.5) is 0 Å². The van der Waals surface area contributed by atoms with Gasteiger partial charge >= 0.3 is 152 Å². The maximum absolute atomic E-state index is 12.6. The SMILES string of the molecule is CCCCC(C[Se]c1ccccc1)NS(=O)(=O)c1ccc(C)cc1. The second kappa shape index (κ2) is 9.38. The van der Waals surface area contributed by atoms with E-state index in [9.17, 15) is 8.42 Å². The van der Waals surface area contributed by atoms with Crippen molar-refractivity contribution in [3.05, 3.63) is 60.2 Å². The van der Waals surface area contributed by atoms with Crippen LogP contribution in [0.5, 0.6) is 0 Å². The molecule has 0 aliphatic rings. The summed E-state index contributed by atoms with van der Waals surface area (Å²) in [5.74, 6) is 0. The Labute approximate surface area is 152 Å². The number of sulfonamides is 1. The molecule has 1 N–H and O–H groups in total. The second-order valence-electron chi connectivity index (χ2n) is 5.90. The third-order valence-electron chi connectivity index (χ3n) is 3.75. The molecule has 2 aromatic rings. The molecule has 5 heteroatoms. The monoisotopic (exact) mass is 411 g/mol. The molecule has 0 spiro atoms. The number of hydrogen-bond acceptors (Lipinski definition) is 2. The molecular formula is C19H25NO2SSe. The minimum atomic E-state index is -3.45. The molecule has 0 aromatic heterocycles. The summed E-state index contributed by atoms with van der Waals surface area (Å²) in [4.78, 5) is 0.349. The van der Waals surface area contributed by atoms with Crippen LogP contribution in [-0.4, -0.2) is 29.4 Å². The number of aryl methyl sites for hydroxylation is 1. The molecule has 2 aromatic carbocycles. The normalized spacial score (nSPS) is 12.9. The Balaban J connectivity index is 2.05. The van der Waals surface area contributed by atoms with Gasteiger partial charge in [-0.25, -0.2) is 0 Å². The molecule has 0 aliphatic heterocycles. The van der Waals surface area contributed by atoms with Gasteiger partial charge in [-0.2, -0.15) is 0 Å². The molecule has 24 heavy (non-hydrogen) atoms. The number of rotatable bonds is 9. The maximum atomic E-state index is 12.6. The van der Waals surface area contributed by atoms with E-state index in [0.717, 1.165) is 30.1 Å². The molecule has 0 radical (unpaired) electrons. The van der Waals surface area contributed by atoms with Crippen molar-refractivity contribution in [2.24, 2.45) is 0 Å². The first-order valence-electron chi connectivity index (χ1n) is 8.28. The van der Waals surface area contributed by atoms with E-state index >= 15 is 0 Å². The molecule has 0 amide bonds. The molecule has 1 unspecified atom stereocenters. The van der Waals surface area contributed by atoms with Crippen LogP contribution in [0.1, 0.15) is 31.7 Å². The Morgan fingerprint density at radius 3 is 2.33 bits per heavy atom. The zero-order valence-corrected chi connectivity index (χ0v) is 16.8. The van der Waals surface area contributed by atoms with Crippen LogP contribution in [0.15, 0.2) is 59.5 Å². The molecule has 0 fully saturated rings. The summed E-state index contributed by atoms with van der Waals surface area (Å²) in [7, 11) is -3.45. The fraction of sp³-hybridized carbons (Fsp3) is 0.368. The Morgan fingerprint density at radius 2 is 1.71 bits per heavy atom. The van der Waals surface area contributed by atoms with Crippen LogP contribution in [0.25, 0.3) is 0 Å². The Kier molecular flexibility index (Phi) is 7.50. The van der Waals surface area contributed by atoms with Gasteiger partial charge in [0.05, 0.1) is 0 Å². The summed E-state index contributed by atoms with van der Waals surface area (Å²) in [6.45, 7) is 4.09. The van der Waals surface area contributed by atoms with Gasteiger partial charge in [0.1, 0.15) is 0 Å². The van der Waals surface area contributed by atoms with E-state index in [4.69, 9.17) is 0 Å². The first kappa shape index (κ1) is 19.2. The predicted octanol–water partition coefficient (Wildman–Crippen LogP) is 3.28. The van der Waals surface area contributed by atoms with Crippen LogP contribution in [0.2, 0.25) is 5.32 Å². The fourth-order valence-corrected chi connectivity index (χ4v) is 5.94. The third kappa shape index (κ3) is 6.06. The molecule has 2 rings (SSSR count). The summed E-state index contributed by atoms with van der Waals surface area (Å²) >= 11 is 0.273. The summed E-state index contributed by atoms with van der Waals surface area (Å²) in [5, 5.41) is 0.877. The van der Waals surface area contributed by atoms with Gasteiger partial charge in [-0.05, 0) is 0 Å². The van der Waals surface area contributed by atoms with E-state index in [2.05, 4.69) is 23.8 Å². The van der Waals surface area contributed by atoms with Crippen molar-refractivity contribution in [3.8, 4) is 0 Å². The van der Waals surface area contributed by atoms with E-state index in [0.29, 0.717) is 4.90 Å². The molecule has 1 atom stereocenters. The molecule has 130 valence electrons. The predicted molar refractivity (Wildman–Crippen MR) is 101 cm³/mol. The van der Waals surface area contributed by atoms with Crippen molar-refractivity contribution in [3.63, 3.8) is 0 Å². The number of benzene rings is 2. The summed E-state index contributed by atoms with van der Waals surface area (Å²) in [6.07, 6.45) is 2.99. The zero-order valence-electron chi connectivity index (χ0n) is 14.2. The molecule has 0 saturated heterocycles. The van der Waals surface area contributed by atoms with Gasteiger partial charge in [0.2, 0.25) is 0 Å². The third-order valence-corrected chi connectivity index (χ3v) is 7.75. The minimum absolute atomic E-state index is 0.00328. The second-order valence-corrected chi connectivity index (χ2v) is 9.91. The molecule has 0 bridgehead atoms. The molecule has 3 nitrogen and oxygen atoms in total. The number of hydrogen-bond donors (Lipinski definition) is 1. The Bertz CT molecular complexity index is 715. The molecule has 0 heterocycles. The topological polar surface area (TPSA) is 46.2 Å². The van der Waals surface area contributed by atoms with E-state index < -0.39 is 10.0 Å². The van der Waals surface area contributed by atoms with Gasteiger partial charge in [0.25, 0.3) is 0 Å². The Morgan fingerprint density at radius 1 is 1.04 bits per heavy atom. The first-order chi connectivity index (χ1) is 11.5. The quantitative estimate of drug-likeness (QED) is 0.645. The molecule has 0 aliphatic carbocycles. The van der Waals surface area contributed by atoms with Crippen molar-refractivity contribution in [2.45, 2.75) is 49.4 Å². The van der Waals surface area contributed by atoms with E-state index in [1.165, 1.54) is 4.46 Å². The van der Waals surface area contributed by atoms with Crippen molar-refractivity contribution in [2.75, 3.05) is 0 Å². The number of nitrogens with one attached hydrogen (secondary N) is 1. The van der Waals surface area contributed by atoms with E-state index in [1.807, 2.05) is 37.3 Å². The van der Waals surface area contributed by atoms with Crippen LogP contribution in [-0.2, 0) is 10.0 Å². The van der Waals surface area contributed by atoms with Crippen LogP contribution in [0, 0.1) is 6.92 Å². The van der Waals surface area contributed by atoms with Gasteiger partial charge < -0.3 is 0 Å². The van der Waals surface area contributed by atoms with Crippen molar-refractivity contribution in [1.29, 1.82) is 0 Å². The van der Waals surface area contributed by atoms with Gasteiger partial charge in [0, 0.05) is 0 Å². The average molecular weight is 410 g/mol.